The zero-order valence-corrected chi connectivity index (χ0v) is 13.1. The van der Waals surface area contributed by atoms with E-state index in [0.717, 1.165) is 11.1 Å². The van der Waals surface area contributed by atoms with Crippen molar-refractivity contribution >= 4 is 29.0 Å². The van der Waals surface area contributed by atoms with Crippen LogP contribution in [0.5, 0.6) is 0 Å². The Morgan fingerprint density at radius 2 is 1.09 bits per heavy atom. The van der Waals surface area contributed by atoms with Crippen LogP contribution in [-0.2, 0) is 17.6 Å². The van der Waals surface area contributed by atoms with Crippen LogP contribution >= 0.6 is 23.2 Å². The molecule has 0 aliphatic rings. The van der Waals surface area contributed by atoms with Crippen LogP contribution in [0.1, 0.15) is 11.1 Å². The minimum atomic E-state index is -0.784. The fourth-order valence-electron chi connectivity index (χ4n) is 2.05. The van der Waals surface area contributed by atoms with E-state index >= 15 is 0 Å². The first-order chi connectivity index (χ1) is 10.5. The molecule has 0 aliphatic carbocycles. The first-order valence-electron chi connectivity index (χ1n) is 6.76. The highest BCUT2D eigenvalue weighted by Crippen LogP contribution is 2.17. The Morgan fingerprint density at radius 3 is 1.41 bits per heavy atom. The zero-order valence-electron chi connectivity index (χ0n) is 11.6. The highest BCUT2D eigenvalue weighted by Gasteiger charge is 2.24. The summed E-state index contributed by atoms with van der Waals surface area (Å²) in [4.78, 5) is 12.2. The third-order valence-corrected chi connectivity index (χ3v) is 4.01. The van der Waals surface area contributed by atoms with Gasteiger partial charge in [-0.05, 0) is 48.2 Å². The van der Waals surface area contributed by atoms with E-state index in [1.165, 1.54) is 24.3 Å². The maximum Gasteiger partial charge on any atom is 0.169 e. The molecule has 0 bridgehead atoms. The van der Waals surface area contributed by atoms with Crippen LogP contribution in [0.25, 0.3) is 0 Å². The Kier molecular flexibility index (Phi) is 5.92. The summed E-state index contributed by atoms with van der Waals surface area (Å²) in [6.07, 6.45) is 0.570. The molecule has 0 aliphatic heterocycles. The van der Waals surface area contributed by atoms with Gasteiger partial charge >= 0.3 is 0 Å². The van der Waals surface area contributed by atoms with E-state index in [4.69, 9.17) is 23.2 Å². The van der Waals surface area contributed by atoms with Gasteiger partial charge in [0.15, 0.2) is 5.78 Å². The van der Waals surface area contributed by atoms with Crippen LogP contribution in [0.4, 0.5) is 8.78 Å². The predicted molar refractivity (Wildman–Crippen MR) is 84.5 cm³/mol. The van der Waals surface area contributed by atoms with Crippen LogP contribution in [0.15, 0.2) is 48.5 Å². The van der Waals surface area contributed by atoms with Gasteiger partial charge in [0.2, 0.25) is 0 Å². The summed E-state index contributed by atoms with van der Waals surface area (Å²) in [5.74, 6) is -0.975. The molecule has 2 rings (SSSR count). The van der Waals surface area contributed by atoms with Gasteiger partial charge in [-0.2, -0.15) is 0 Å². The van der Waals surface area contributed by atoms with E-state index in [1.54, 1.807) is 24.3 Å². The minimum absolute atomic E-state index is 0.285. The molecule has 0 saturated heterocycles. The van der Waals surface area contributed by atoms with E-state index in [9.17, 15) is 13.6 Å². The van der Waals surface area contributed by atoms with Crippen LogP contribution < -0.4 is 0 Å². The van der Waals surface area contributed by atoms with E-state index in [-0.39, 0.29) is 30.3 Å². The van der Waals surface area contributed by atoms with Crippen molar-refractivity contribution in [3.05, 3.63) is 71.3 Å². The van der Waals surface area contributed by atoms with Crippen LogP contribution in [-0.4, -0.2) is 16.5 Å². The molecule has 0 spiro atoms. The summed E-state index contributed by atoms with van der Waals surface area (Å²) >= 11 is 12.2. The van der Waals surface area contributed by atoms with Crippen LogP contribution in [0.3, 0.4) is 0 Å². The molecule has 0 fully saturated rings. The number of carbonyl (C=O) groups is 1. The quantitative estimate of drug-likeness (QED) is 0.704. The Balaban J connectivity index is 1.94. The van der Waals surface area contributed by atoms with E-state index in [2.05, 4.69) is 0 Å². The average molecular weight is 343 g/mol. The number of halogens is 4. The Hall–Kier alpha value is -1.45. The maximum atomic E-state index is 12.8. The van der Waals surface area contributed by atoms with Crippen molar-refractivity contribution in [3.8, 4) is 0 Å². The molecule has 0 aromatic heterocycles. The SMILES string of the molecule is O=C(C(Cl)Cc1ccc(F)cc1)C(Cl)Cc1ccc(F)cc1. The Morgan fingerprint density at radius 1 is 0.773 bits per heavy atom. The molecule has 116 valence electrons. The van der Waals surface area contributed by atoms with Crippen molar-refractivity contribution in [1.29, 1.82) is 0 Å². The number of alkyl halides is 2. The van der Waals surface area contributed by atoms with Gasteiger partial charge in [0.1, 0.15) is 11.6 Å². The number of hydrogen-bond donors (Lipinski definition) is 0. The van der Waals surface area contributed by atoms with Gasteiger partial charge in [-0.25, -0.2) is 8.78 Å². The summed E-state index contributed by atoms with van der Waals surface area (Å²) in [5, 5.41) is -1.57. The van der Waals surface area contributed by atoms with Crippen molar-refractivity contribution in [2.75, 3.05) is 0 Å². The molecule has 0 saturated carbocycles. The van der Waals surface area contributed by atoms with Gasteiger partial charge in [0.25, 0.3) is 0 Å². The first-order valence-corrected chi connectivity index (χ1v) is 7.64. The molecule has 0 radical (unpaired) electrons. The lowest BCUT2D eigenvalue weighted by Crippen LogP contribution is -2.28. The monoisotopic (exact) mass is 342 g/mol. The molecule has 0 amide bonds. The molecular weight excluding hydrogens is 329 g/mol. The Bertz CT molecular complexity index is 571. The summed E-state index contributed by atoms with van der Waals surface area (Å²) in [5.41, 5.74) is 1.53. The third-order valence-electron chi connectivity index (χ3n) is 3.27. The lowest BCUT2D eigenvalue weighted by atomic mass is 10.0. The van der Waals surface area contributed by atoms with Gasteiger partial charge in [-0.15, -0.1) is 23.2 Å². The molecule has 0 N–H and O–H groups in total. The second-order valence-electron chi connectivity index (χ2n) is 5.00. The van der Waals surface area contributed by atoms with Crippen LogP contribution in [0.2, 0.25) is 0 Å². The second kappa shape index (κ2) is 7.70. The maximum absolute atomic E-state index is 12.8. The molecular formula is C17H14Cl2F2O. The summed E-state index contributed by atoms with van der Waals surface area (Å²) in [6, 6.07) is 11.6. The molecule has 0 heterocycles. The first kappa shape index (κ1) is 16.9. The lowest BCUT2D eigenvalue weighted by molar-refractivity contribution is -0.118. The van der Waals surface area contributed by atoms with Gasteiger partial charge in [-0.3, -0.25) is 4.79 Å². The molecule has 5 heteroatoms. The number of benzene rings is 2. The number of hydrogen-bond acceptors (Lipinski definition) is 1. The minimum Gasteiger partial charge on any atom is -0.296 e. The largest absolute Gasteiger partial charge is 0.296 e. The van der Waals surface area contributed by atoms with Gasteiger partial charge < -0.3 is 0 Å². The van der Waals surface area contributed by atoms with Crippen molar-refractivity contribution < 1.29 is 13.6 Å². The van der Waals surface area contributed by atoms with Crippen molar-refractivity contribution in [2.45, 2.75) is 23.6 Å². The Labute approximate surface area is 137 Å². The standard InChI is InChI=1S/C17H14Cl2F2O/c18-15(9-11-1-5-13(20)6-2-11)17(22)16(19)10-12-3-7-14(21)8-4-12/h1-8,15-16H,9-10H2. The molecule has 2 aromatic carbocycles. The van der Waals surface area contributed by atoms with Crippen molar-refractivity contribution in [3.63, 3.8) is 0 Å². The molecule has 1 nitrogen and oxygen atoms in total. The zero-order chi connectivity index (χ0) is 16.1. The summed E-state index contributed by atoms with van der Waals surface area (Å²) in [6.45, 7) is 0. The summed E-state index contributed by atoms with van der Waals surface area (Å²) in [7, 11) is 0. The summed E-state index contributed by atoms with van der Waals surface area (Å²) < 4.78 is 25.7. The number of Topliss-reactive ketones (excluding diaryl/α,β-unsaturated/α-hetero) is 1. The van der Waals surface area contributed by atoms with E-state index in [0.29, 0.717) is 0 Å². The highest BCUT2D eigenvalue weighted by atomic mass is 35.5. The molecule has 22 heavy (non-hydrogen) atoms. The lowest BCUT2D eigenvalue weighted by Gasteiger charge is -2.13. The van der Waals surface area contributed by atoms with Crippen molar-refractivity contribution in [2.24, 2.45) is 0 Å². The van der Waals surface area contributed by atoms with E-state index in [1.807, 2.05) is 0 Å². The normalized spacial score (nSPS) is 13.6. The highest BCUT2D eigenvalue weighted by molar-refractivity contribution is 6.40. The third kappa shape index (κ3) is 4.79. The molecule has 2 aromatic rings. The number of carbonyl (C=O) groups excluding carboxylic acids is 1. The van der Waals surface area contributed by atoms with Gasteiger partial charge in [-0.1, -0.05) is 24.3 Å². The molecule has 2 atom stereocenters. The van der Waals surface area contributed by atoms with Gasteiger partial charge in [0.05, 0.1) is 10.8 Å². The fraction of sp³-hybridized carbons (Fsp3) is 0.235. The number of ketones is 1. The number of rotatable bonds is 6. The predicted octanol–water partition coefficient (Wildman–Crippen LogP) is 4.53. The molecule has 2 unspecified atom stereocenters. The van der Waals surface area contributed by atoms with Crippen LogP contribution in [0, 0.1) is 11.6 Å². The fourth-order valence-corrected chi connectivity index (χ4v) is 2.78. The van der Waals surface area contributed by atoms with E-state index < -0.39 is 10.8 Å². The smallest absolute Gasteiger partial charge is 0.169 e. The van der Waals surface area contributed by atoms with Gasteiger partial charge in [0, 0.05) is 0 Å². The topological polar surface area (TPSA) is 17.1 Å². The van der Waals surface area contributed by atoms with Crippen molar-refractivity contribution in [1.82, 2.24) is 0 Å². The average Bonchev–Trinajstić information content (AvgIpc) is 2.51. The second-order valence-corrected chi connectivity index (χ2v) is 6.05.